The molecule has 2 aromatic carbocycles. The topological polar surface area (TPSA) is 64.6 Å². The van der Waals surface area contributed by atoms with Gasteiger partial charge in [0.15, 0.2) is 0 Å². The van der Waals surface area contributed by atoms with Gasteiger partial charge in [0.2, 0.25) is 5.91 Å². The van der Waals surface area contributed by atoms with Gasteiger partial charge in [-0.2, -0.15) is 0 Å². The van der Waals surface area contributed by atoms with E-state index in [0.717, 1.165) is 39.4 Å². The third-order valence-electron chi connectivity index (χ3n) is 5.33. The van der Waals surface area contributed by atoms with Crippen LogP contribution in [0.2, 0.25) is 5.02 Å². The molecular formula is C26H28ClNO4S. The zero-order valence-corrected chi connectivity index (χ0v) is 20.9. The second kappa shape index (κ2) is 11.3. The maximum absolute atomic E-state index is 12.5. The van der Waals surface area contributed by atoms with E-state index in [-0.39, 0.29) is 12.3 Å². The number of methoxy groups -OCH3 is 1. The minimum absolute atomic E-state index is 0.179. The lowest BCUT2D eigenvalue weighted by Crippen LogP contribution is -2.15. The van der Waals surface area contributed by atoms with Crippen molar-refractivity contribution in [3.63, 3.8) is 0 Å². The molecule has 0 spiro atoms. The molecule has 1 heterocycles. The smallest absolute Gasteiger partial charge is 0.341 e. The van der Waals surface area contributed by atoms with Crippen molar-refractivity contribution in [3.8, 4) is 16.9 Å². The van der Waals surface area contributed by atoms with Crippen LogP contribution in [0.25, 0.3) is 11.1 Å². The van der Waals surface area contributed by atoms with Gasteiger partial charge in [0.05, 0.1) is 13.7 Å². The molecule has 0 aliphatic heterocycles. The summed E-state index contributed by atoms with van der Waals surface area (Å²) in [5.74, 6) is 0.0830. The molecule has 33 heavy (non-hydrogen) atoms. The molecule has 1 aromatic heterocycles. The Labute approximate surface area is 203 Å². The molecule has 0 atom stereocenters. The van der Waals surface area contributed by atoms with E-state index in [4.69, 9.17) is 21.1 Å². The molecule has 0 fully saturated rings. The minimum atomic E-state index is -0.474. The molecule has 174 valence electrons. The number of nitrogens with one attached hydrogen (secondary N) is 1. The Morgan fingerprint density at radius 1 is 1.09 bits per heavy atom. The second-order valence-electron chi connectivity index (χ2n) is 7.77. The first-order valence-electron chi connectivity index (χ1n) is 10.8. The molecule has 0 aliphatic rings. The number of thiophene rings is 1. The molecule has 7 heteroatoms. The lowest BCUT2D eigenvalue weighted by Gasteiger charge is -2.10. The van der Waals surface area contributed by atoms with Gasteiger partial charge < -0.3 is 14.8 Å². The van der Waals surface area contributed by atoms with Crippen molar-refractivity contribution in [2.75, 3.05) is 19.0 Å². The fourth-order valence-electron chi connectivity index (χ4n) is 3.49. The van der Waals surface area contributed by atoms with E-state index in [1.54, 1.807) is 0 Å². The number of amides is 1. The van der Waals surface area contributed by atoms with E-state index in [0.29, 0.717) is 23.6 Å². The van der Waals surface area contributed by atoms with Gasteiger partial charge in [-0.25, -0.2) is 4.79 Å². The van der Waals surface area contributed by atoms with Gasteiger partial charge in [-0.05, 0) is 61.1 Å². The Kier molecular flexibility index (Phi) is 8.53. The Bertz CT molecular complexity index is 1110. The van der Waals surface area contributed by atoms with Crippen LogP contribution in [0.5, 0.6) is 5.75 Å². The molecule has 0 bridgehead atoms. The number of rotatable bonds is 9. The highest BCUT2D eigenvalue weighted by Gasteiger charge is 2.22. The number of halogens is 1. The third kappa shape index (κ3) is 6.15. The number of carbonyl (C=O) groups is 2. The summed E-state index contributed by atoms with van der Waals surface area (Å²) < 4.78 is 10.8. The largest absolute Gasteiger partial charge is 0.494 e. The van der Waals surface area contributed by atoms with Crippen LogP contribution in [0, 0.1) is 13.8 Å². The number of benzene rings is 2. The third-order valence-corrected chi connectivity index (χ3v) is 6.83. The Morgan fingerprint density at radius 3 is 2.36 bits per heavy atom. The van der Waals surface area contributed by atoms with E-state index in [1.807, 2.05) is 55.6 Å². The predicted molar refractivity (Wildman–Crippen MR) is 135 cm³/mol. The fraction of sp³-hybridized carbons (Fsp3) is 0.308. The van der Waals surface area contributed by atoms with Crippen LogP contribution in [0.15, 0.2) is 41.8 Å². The van der Waals surface area contributed by atoms with E-state index >= 15 is 0 Å². The highest BCUT2D eigenvalue weighted by atomic mass is 35.5. The van der Waals surface area contributed by atoms with Crippen LogP contribution < -0.4 is 10.1 Å². The quantitative estimate of drug-likeness (QED) is 0.266. The lowest BCUT2D eigenvalue weighted by atomic mass is 10.0. The maximum Gasteiger partial charge on any atom is 0.341 e. The number of carbonyl (C=O) groups excluding carboxylic acids is 2. The van der Waals surface area contributed by atoms with Crippen molar-refractivity contribution in [2.45, 2.75) is 40.0 Å². The summed E-state index contributed by atoms with van der Waals surface area (Å²) in [5, 5.41) is 5.97. The molecule has 3 aromatic rings. The van der Waals surface area contributed by atoms with Crippen molar-refractivity contribution in [3.05, 3.63) is 69.1 Å². The summed E-state index contributed by atoms with van der Waals surface area (Å²) in [6.45, 7) is 6.36. The number of ether oxygens (including phenoxy) is 2. The molecule has 0 saturated carbocycles. The molecule has 5 nitrogen and oxygen atoms in total. The summed E-state index contributed by atoms with van der Waals surface area (Å²) in [4.78, 5) is 25.0. The van der Waals surface area contributed by atoms with Crippen molar-refractivity contribution >= 4 is 39.8 Å². The first-order valence-corrected chi connectivity index (χ1v) is 12.1. The van der Waals surface area contributed by atoms with Crippen LogP contribution in [0.1, 0.15) is 46.8 Å². The standard InChI is InChI=1S/C26H28ClNO4S/c1-5-18-8-10-19(11-9-18)21-15-33-25(23(21)26(30)31-4)28-22(29)7-6-12-32-20-13-16(2)24(27)17(3)14-20/h8-11,13-15H,5-7,12H2,1-4H3,(H,28,29). The molecule has 0 saturated heterocycles. The molecule has 3 rings (SSSR count). The van der Waals surface area contributed by atoms with Crippen molar-refractivity contribution in [1.82, 2.24) is 0 Å². The number of hydrogen-bond acceptors (Lipinski definition) is 5. The molecule has 1 N–H and O–H groups in total. The van der Waals surface area contributed by atoms with Crippen LogP contribution in [-0.4, -0.2) is 25.6 Å². The van der Waals surface area contributed by atoms with Gasteiger partial charge in [0, 0.05) is 22.4 Å². The highest BCUT2D eigenvalue weighted by Crippen LogP contribution is 2.36. The van der Waals surface area contributed by atoms with Crippen LogP contribution in [0.4, 0.5) is 5.00 Å². The van der Waals surface area contributed by atoms with Crippen LogP contribution in [0.3, 0.4) is 0 Å². The van der Waals surface area contributed by atoms with Crippen molar-refractivity contribution in [2.24, 2.45) is 0 Å². The number of aryl methyl sites for hydroxylation is 3. The van der Waals surface area contributed by atoms with Gasteiger partial charge in [-0.3, -0.25) is 4.79 Å². The minimum Gasteiger partial charge on any atom is -0.494 e. The maximum atomic E-state index is 12.5. The van der Waals surface area contributed by atoms with Gasteiger partial charge in [-0.15, -0.1) is 11.3 Å². The summed E-state index contributed by atoms with van der Waals surface area (Å²) in [6.07, 6.45) is 1.75. The van der Waals surface area contributed by atoms with Crippen LogP contribution in [-0.2, 0) is 16.0 Å². The van der Waals surface area contributed by atoms with Crippen LogP contribution >= 0.6 is 22.9 Å². The Morgan fingerprint density at radius 2 is 1.76 bits per heavy atom. The molecule has 0 aliphatic carbocycles. The second-order valence-corrected chi connectivity index (χ2v) is 9.02. The highest BCUT2D eigenvalue weighted by molar-refractivity contribution is 7.15. The lowest BCUT2D eigenvalue weighted by molar-refractivity contribution is -0.116. The summed E-state index contributed by atoms with van der Waals surface area (Å²) >= 11 is 7.51. The first-order chi connectivity index (χ1) is 15.8. The predicted octanol–water partition coefficient (Wildman–Crippen LogP) is 6.83. The van der Waals surface area contributed by atoms with Gasteiger partial charge in [-0.1, -0.05) is 42.8 Å². The average Bonchev–Trinajstić information content (AvgIpc) is 3.23. The number of anilines is 1. The zero-order valence-electron chi connectivity index (χ0n) is 19.3. The summed E-state index contributed by atoms with van der Waals surface area (Å²) in [5.41, 5.74) is 5.17. The van der Waals surface area contributed by atoms with Gasteiger partial charge in [0.25, 0.3) is 0 Å². The molecular weight excluding hydrogens is 458 g/mol. The summed E-state index contributed by atoms with van der Waals surface area (Å²) in [7, 11) is 1.34. The molecule has 1 amide bonds. The molecule has 0 radical (unpaired) electrons. The van der Waals surface area contributed by atoms with E-state index in [2.05, 4.69) is 12.2 Å². The summed E-state index contributed by atoms with van der Waals surface area (Å²) in [6, 6.07) is 11.8. The van der Waals surface area contributed by atoms with E-state index in [9.17, 15) is 9.59 Å². The average molecular weight is 486 g/mol. The number of hydrogen-bond donors (Lipinski definition) is 1. The normalized spacial score (nSPS) is 10.7. The molecule has 0 unspecified atom stereocenters. The Hall–Kier alpha value is -2.83. The van der Waals surface area contributed by atoms with Crippen molar-refractivity contribution in [1.29, 1.82) is 0 Å². The van der Waals surface area contributed by atoms with Crippen molar-refractivity contribution < 1.29 is 19.1 Å². The monoisotopic (exact) mass is 485 g/mol. The Balaban J connectivity index is 1.63. The van der Waals surface area contributed by atoms with Gasteiger partial charge >= 0.3 is 5.97 Å². The number of esters is 1. The first kappa shape index (κ1) is 24.8. The fourth-order valence-corrected chi connectivity index (χ4v) is 4.57. The zero-order chi connectivity index (χ0) is 24.0. The van der Waals surface area contributed by atoms with Gasteiger partial charge in [0.1, 0.15) is 16.3 Å². The SMILES string of the molecule is CCc1ccc(-c2csc(NC(=O)CCCOc3cc(C)c(Cl)c(C)c3)c2C(=O)OC)cc1. The van der Waals surface area contributed by atoms with E-state index < -0.39 is 5.97 Å². The van der Waals surface area contributed by atoms with E-state index in [1.165, 1.54) is 24.0 Å².